The molecule has 0 atom stereocenters. The Balaban J connectivity index is 3.45. The highest BCUT2D eigenvalue weighted by molar-refractivity contribution is 7.90. The van der Waals surface area contributed by atoms with E-state index in [1.807, 2.05) is 0 Å². The van der Waals surface area contributed by atoms with Crippen LogP contribution in [0.3, 0.4) is 0 Å². The first-order valence-corrected chi connectivity index (χ1v) is 4.93. The average Bonchev–Trinajstić information content (AvgIpc) is 2.08. The predicted octanol–water partition coefficient (Wildman–Crippen LogP) is -0.0678. The van der Waals surface area contributed by atoms with Crippen molar-refractivity contribution in [3.8, 4) is 0 Å². The van der Waals surface area contributed by atoms with Crippen LogP contribution in [0.1, 0.15) is 5.56 Å². The average molecular weight is 173 g/mol. The fourth-order valence-electron chi connectivity index (χ4n) is 1.00. The Bertz CT molecular complexity index is 344. The molecular formula is C6H9N2O2S. The Morgan fingerprint density at radius 3 is 2.27 bits per heavy atom. The van der Waals surface area contributed by atoms with Gasteiger partial charge < -0.3 is 0 Å². The van der Waals surface area contributed by atoms with Crippen LogP contribution in [-0.4, -0.2) is 24.5 Å². The SMILES string of the molecule is Cc1[c]nn(C)c1S(C)(=O)=O. The first-order chi connectivity index (χ1) is 4.93. The summed E-state index contributed by atoms with van der Waals surface area (Å²) in [7, 11) is -1.57. The lowest BCUT2D eigenvalue weighted by Gasteiger charge is -1.98. The molecule has 0 bridgehead atoms. The molecule has 0 aliphatic rings. The maximum Gasteiger partial charge on any atom is 0.192 e. The summed E-state index contributed by atoms with van der Waals surface area (Å²) in [4.78, 5) is 0. The summed E-state index contributed by atoms with van der Waals surface area (Å²) in [5.74, 6) is 0. The van der Waals surface area contributed by atoms with E-state index in [1.54, 1.807) is 14.0 Å². The van der Waals surface area contributed by atoms with Crippen LogP contribution in [0.4, 0.5) is 0 Å². The van der Waals surface area contributed by atoms with E-state index < -0.39 is 9.84 Å². The molecule has 0 fully saturated rings. The van der Waals surface area contributed by atoms with Gasteiger partial charge in [0.1, 0.15) is 6.20 Å². The van der Waals surface area contributed by atoms with Crippen molar-refractivity contribution in [3.05, 3.63) is 11.8 Å². The minimum atomic E-state index is -3.15. The molecule has 0 saturated carbocycles. The predicted molar refractivity (Wildman–Crippen MR) is 39.9 cm³/mol. The molecule has 1 rings (SSSR count). The van der Waals surface area contributed by atoms with Crippen molar-refractivity contribution in [2.24, 2.45) is 7.05 Å². The Labute approximate surface area is 65.8 Å². The van der Waals surface area contributed by atoms with E-state index in [0.29, 0.717) is 5.56 Å². The number of hydrogen-bond donors (Lipinski definition) is 0. The minimum absolute atomic E-state index is 0.234. The molecule has 4 nitrogen and oxygen atoms in total. The van der Waals surface area contributed by atoms with Gasteiger partial charge in [-0.1, -0.05) is 0 Å². The molecule has 0 amide bonds. The molecular weight excluding hydrogens is 164 g/mol. The van der Waals surface area contributed by atoms with Gasteiger partial charge >= 0.3 is 0 Å². The van der Waals surface area contributed by atoms with E-state index >= 15 is 0 Å². The van der Waals surface area contributed by atoms with Gasteiger partial charge in [-0.15, -0.1) is 0 Å². The summed E-state index contributed by atoms with van der Waals surface area (Å²) < 4.78 is 23.4. The number of nitrogens with zero attached hydrogens (tertiary/aromatic N) is 2. The van der Waals surface area contributed by atoms with Crippen LogP contribution in [0.15, 0.2) is 5.03 Å². The molecule has 1 aromatic heterocycles. The van der Waals surface area contributed by atoms with Gasteiger partial charge in [0.05, 0.1) is 0 Å². The van der Waals surface area contributed by atoms with Crippen molar-refractivity contribution < 1.29 is 8.42 Å². The van der Waals surface area contributed by atoms with E-state index in [4.69, 9.17) is 0 Å². The molecule has 0 aliphatic carbocycles. The maximum atomic E-state index is 11.1. The number of rotatable bonds is 1. The van der Waals surface area contributed by atoms with Gasteiger partial charge in [-0.05, 0) is 6.92 Å². The van der Waals surface area contributed by atoms with Crippen LogP contribution in [0.2, 0.25) is 0 Å². The van der Waals surface area contributed by atoms with Crippen LogP contribution >= 0.6 is 0 Å². The monoisotopic (exact) mass is 173 g/mol. The largest absolute Gasteiger partial charge is 0.256 e. The van der Waals surface area contributed by atoms with Crippen molar-refractivity contribution in [1.29, 1.82) is 0 Å². The molecule has 1 radical (unpaired) electrons. The summed E-state index contributed by atoms with van der Waals surface area (Å²) in [6, 6.07) is 0. The molecule has 1 aromatic rings. The minimum Gasteiger partial charge on any atom is -0.256 e. The van der Waals surface area contributed by atoms with Gasteiger partial charge in [0.2, 0.25) is 0 Å². The van der Waals surface area contributed by atoms with E-state index in [-0.39, 0.29) is 5.03 Å². The Hall–Kier alpha value is -0.840. The van der Waals surface area contributed by atoms with Gasteiger partial charge in [-0.25, -0.2) is 8.42 Å². The van der Waals surface area contributed by atoms with E-state index in [2.05, 4.69) is 11.3 Å². The summed E-state index contributed by atoms with van der Waals surface area (Å²) in [5, 5.41) is 3.93. The Morgan fingerprint density at radius 2 is 2.09 bits per heavy atom. The van der Waals surface area contributed by atoms with E-state index in [1.165, 1.54) is 4.68 Å². The first-order valence-electron chi connectivity index (χ1n) is 3.04. The quantitative estimate of drug-likeness (QED) is 0.597. The standard InChI is InChI=1S/C6H9N2O2S/c1-5-4-7-8(2)6(5)11(3,9)10/h1-3H3. The smallest absolute Gasteiger partial charge is 0.192 e. The number of aromatic nitrogens is 2. The van der Waals surface area contributed by atoms with Gasteiger partial charge in [-0.3, -0.25) is 4.68 Å². The third kappa shape index (κ3) is 1.42. The van der Waals surface area contributed by atoms with Gasteiger partial charge in [0.15, 0.2) is 14.9 Å². The molecule has 0 unspecified atom stereocenters. The fourth-order valence-corrected chi connectivity index (χ4v) is 2.13. The number of sulfone groups is 1. The normalized spacial score (nSPS) is 11.9. The highest BCUT2D eigenvalue weighted by Crippen LogP contribution is 2.11. The zero-order chi connectivity index (χ0) is 8.65. The van der Waals surface area contributed by atoms with Gasteiger partial charge in [0, 0.05) is 18.9 Å². The second-order valence-corrected chi connectivity index (χ2v) is 4.37. The molecule has 11 heavy (non-hydrogen) atoms. The molecule has 1 heterocycles. The molecule has 0 N–H and O–H groups in total. The van der Waals surface area contributed by atoms with E-state index in [0.717, 1.165) is 6.26 Å². The molecule has 5 heteroatoms. The Morgan fingerprint density at radius 1 is 1.55 bits per heavy atom. The van der Waals surface area contributed by atoms with Crippen LogP contribution in [-0.2, 0) is 16.9 Å². The zero-order valence-electron chi connectivity index (χ0n) is 6.62. The number of hydrogen-bond acceptors (Lipinski definition) is 3. The molecule has 0 spiro atoms. The second kappa shape index (κ2) is 2.34. The van der Waals surface area contributed by atoms with Crippen molar-refractivity contribution in [3.63, 3.8) is 0 Å². The van der Waals surface area contributed by atoms with E-state index in [9.17, 15) is 8.42 Å². The first kappa shape index (κ1) is 8.26. The highest BCUT2D eigenvalue weighted by Gasteiger charge is 2.15. The Kier molecular flexibility index (Phi) is 1.75. The van der Waals surface area contributed by atoms with Crippen molar-refractivity contribution >= 4 is 9.84 Å². The third-order valence-corrected chi connectivity index (χ3v) is 2.61. The zero-order valence-corrected chi connectivity index (χ0v) is 7.44. The lowest BCUT2D eigenvalue weighted by atomic mass is 10.4. The molecule has 0 aliphatic heterocycles. The van der Waals surface area contributed by atoms with Crippen LogP contribution in [0, 0.1) is 13.1 Å². The highest BCUT2D eigenvalue weighted by atomic mass is 32.2. The molecule has 0 saturated heterocycles. The summed E-state index contributed by atoms with van der Waals surface area (Å²) >= 11 is 0. The third-order valence-electron chi connectivity index (χ3n) is 1.33. The van der Waals surface area contributed by atoms with Crippen molar-refractivity contribution in [2.45, 2.75) is 11.9 Å². The summed E-state index contributed by atoms with van der Waals surface area (Å²) in [5.41, 5.74) is 0.565. The van der Waals surface area contributed by atoms with Gasteiger partial charge in [0.25, 0.3) is 0 Å². The molecule has 61 valence electrons. The van der Waals surface area contributed by atoms with Crippen LogP contribution in [0.5, 0.6) is 0 Å². The molecule has 0 aromatic carbocycles. The van der Waals surface area contributed by atoms with Gasteiger partial charge in [-0.2, -0.15) is 5.10 Å². The lowest BCUT2D eigenvalue weighted by molar-refractivity contribution is 0.581. The second-order valence-electron chi connectivity index (χ2n) is 2.44. The summed E-state index contributed by atoms with van der Waals surface area (Å²) in [6.45, 7) is 1.67. The maximum absolute atomic E-state index is 11.1. The topological polar surface area (TPSA) is 52.0 Å². The van der Waals surface area contributed by atoms with Crippen LogP contribution < -0.4 is 0 Å². The lowest BCUT2D eigenvalue weighted by Crippen LogP contribution is -2.06. The van der Waals surface area contributed by atoms with Crippen molar-refractivity contribution in [1.82, 2.24) is 9.78 Å². The summed E-state index contributed by atoms with van der Waals surface area (Å²) in [6.07, 6.45) is 3.73. The van der Waals surface area contributed by atoms with Crippen molar-refractivity contribution in [2.75, 3.05) is 6.26 Å². The fraction of sp³-hybridized carbons (Fsp3) is 0.500. The number of aryl methyl sites for hydroxylation is 2. The van der Waals surface area contributed by atoms with Crippen LogP contribution in [0.25, 0.3) is 0 Å².